The van der Waals surface area contributed by atoms with E-state index in [0.29, 0.717) is 12.8 Å². The third-order valence-corrected chi connectivity index (χ3v) is 1.96. The average molecular weight is 231 g/mol. The number of aliphatic carboxylic acids is 1. The van der Waals surface area contributed by atoms with Gasteiger partial charge in [0.25, 0.3) is 0 Å². The number of nitrogens with one attached hydrogen (secondary N) is 1. The second kappa shape index (κ2) is 6.78. The summed E-state index contributed by atoms with van der Waals surface area (Å²) in [4.78, 5) is 32.6. The number of primary amides is 1. The molecule has 0 aliphatic rings. The molecule has 7 nitrogen and oxygen atoms in total. The molecule has 0 bridgehead atoms. The summed E-state index contributed by atoms with van der Waals surface area (Å²) >= 11 is 0. The molecule has 2 atom stereocenters. The van der Waals surface area contributed by atoms with Crippen LogP contribution in [-0.2, 0) is 14.4 Å². The predicted molar refractivity (Wildman–Crippen MR) is 56.3 cm³/mol. The van der Waals surface area contributed by atoms with Crippen molar-refractivity contribution in [3.05, 3.63) is 0 Å². The molecular weight excluding hydrogens is 214 g/mol. The summed E-state index contributed by atoms with van der Waals surface area (Å²) in [6.45, 7) is 1.85. The van der Waals surface area contributed by atoms with E-state index in [9.17, 15) is 14.4 Å². The van der Waals surface area contributed by atoms with Crippen LogP contribution in [0.3, 0.4) is 0 Å². The third-order valence-electron chi connectivity index (χ3n) is 1.96. The molecule has 16 heavy (non-hydrogen) atoms. The summed E-state index contributed by atoms with van der Waals surface area (Å²) in [5, 5.41) is 10.9. The first-order valence-corrected chi connectivity index (χ1v) is 4.95. The zero-order chi connectivity index (χ0) is 12.7. The van der Waals surface area contributed by atoms with Crippen LogP contribution in [0.15, 0.2) is 0 Å². The number of hydrogen-bond acceptors (Lipinski definition) is 4. The fraction of sp³-hybridized carbons (Fsp3) is 0.667. The highest BCUT2D eigenvalue weighted by atomic mass is 16.4. The summed E-state index contributed by atoms with van der Waals surface area (Å²) < 4.78 is 0. The van der Waals surface area contributed by atoms with E-state index in [2.05, 4.69) is 5.32 Å². The maximum Gasteiger partial charge on any atom is 0.326 e. The number of hydrogen-bond donors (Lipinski definition) is 4. The van der Waals surface area contributed by atoms with E-state index in [1.807, 2.05) is 6.92 Å². The van der Waals surface area contributed by atoms with Gasteiger partial charge in [-0.3, -0.25) is 9.59 Å². The second-order valence-corrected chi connectivity index (χ2v) is 3.47. The Kier molecular flexibility index (Phi) is 6.09. The van der Waals surface area contributed by atoms with Crippen LogP contribution < -0.4 is 16.8 Å². The minimum absolute atomic E-state index is 0.445. The molecule has 7 heteroatoms. The lowest BCUT2D eigenvalue weighted by molar-refractivity contribution is -0.143. The van der Waals surface area contributed by atoms with E-state index >= 15 is 0 Å². The van der Waals surface area contributed by atoms with Crippen LogP contribution in [0.2, 0.25) is 0 Å². The zero-order valence-corrected chi connectivity index (χ0v) is 9.10. The second-order valence-electron chi connectivity index (χ2n) is 3.47. The SMILES string of the molecule is CCC[C@@H](N)C(=O)N[C@@H](CC(N)=O)C(=O)O. The molecular formula is C9H17N3O4. The first-order chi connectivity index (χ1) is 7.38. The third kappa shape index (κ3) is 5.30. The van der Waals surface area contributed by atoms with Gasteiger partial charge in [-0.15, -0.1) is 0 Å². The van der Waals surface area contributed by atoms with Crippen molar-refractivity contribution in [2.75, 3.05) is 0 Å². The quantitative estimate of drug-likeness (QED) is 0.425. The fourth-order valence-electron chi connectivity index (χ4n) is 1.12. The lowest BCUT2D eigenvalue weighted by atomic mass is 10.1. The monoisotopic (exact) mass is 231 g/mol. The summed E-state index contributed by atoms with van der Waals surface area (Å²) in [6, 6.07) is -2.08. The summed E-state index contributed by atoms with van der Waals surface area (Å²) in [6.07, 6.45) is 0.719. The van der Waals surface area contributed by atoms with Gasteiger partial charge in [0.2, 0.25) is 11.8 Å². The van der Waals surface area contributed by atoms with Gasteiger partial charge in [-0.25, -0.2) is 4.79 Å². The van der Waals surface area contributed by atoms with Crippen LogP contribution in [0.4, 0.5) is 0 Å². The summed E-state index contributed by atoms with van der Waals surface area (Å²) in [5.41, 5.74) is 10.3. The molecule has 0 radical (unpaired) electrons. The number of carboxylic acids is 1. The first-order valence-electron chi connectivity index (χ1n) is 4.95. The lowest BCUT2D eigenvalue weighted by Crippen LogP contribution is -2.49. The molecule has 0 saturated carbocycles. The molecule has 0 aromatic carbocycles. The maximum atomic E-state index is 11.4. The number of carbonyl (C=O) groups is 3. The van der Waals surface area contributed by atoms with Crippen molar-refractivity contribution < 1.29 is 19.5 Å². The van der Waals surface area contributed by atoms with E-state index in [4.69, 9.17) is 16.6 Å². The van der Waals surface area contributed by atoms with E-state index < -0.39 is 36.3 Å². The molecule has 0 saturated heterocycles. The van der Waals surface area contributed by atoms with Gasteiger partial charge in [0.1, 0.15) is 6.04 Å². The lowest BCUT2D eigenvalue weighted by Gasteiger charge is -2.16. The Morgan fingerprint density at radius 3 is 2.31 bits per heavy atom. The largest absolute Gasteiger partial charge is 0.480 e. The molecule has 0 unspecified atom stereocenters. The van der Waals surface area contributed by atoms with Crippen molar-refractivity contribution in [1.29, 1.82) is 0 Å². The van der Waals surface area contributed by atoms with Crippen molar-refractivity contribution in [3.8, 4) is 0 Å². The molecule has 0 aliphatic heterocycles. The predicted octanol–water partition coefficient (Wildman–Crippen LogP) is -1.44. The van der Waals surface area contributed by atoms with Crippen LogP contribution in [0.25, 0.3) is 0 Å². The number of carboxylic acid groups (broad SMARTS) is 1. The summed E-state index contributed by atoms with van der Waals surface area (Å²) in [5.74, 6) is -2.69. The molecule has 0 aliphatic carbocycles. The van der Waals surface area contributed by atoms with Gasteiger partial charge in [-0.1, -0.05) is 13.3 Å². The Labute approximate surface area is 93.2 Å². The highest BCUT2D eigenvalue weighted by Gasteiger charge is 2.24. The van der Waals surface area contributed by atoms with Gasteiger partial charge in [-0.2, -0.15) is 0 Å². The molecule has 0 aromatic rings. The molecule has 0 aromatic heterocycles. The highest BCUT2D eigenvalue weighted by molar-refractivity contribution is 5.89. The zero-order valence-electron chi connectivity index (χ0n) is 9.10. The van der Waals surface area contributed by atoms with Crippen LogP contribution >= 0.6 is 0 Å². The average Bonchev–Trinajstić information content (AvgIpc) is 2.16. The maximum absolute atomic E-state index is 11.4. The smallest absolute Gasteiger partial charge is 0.326 e. The number of rotatable bonds is 7. The molecule has 92 valence electrons. The van der Waals surface area contributed by atoms with Crippen molar-refractivity contribution >= 4 is 17.8 Å². The van der Waals surface area contributed by atoms with Gasteiger partial charge in [0.15, 0.2) is 0 Å². The molecule has 6 N–H and O–H groups in total. The Morgan fingerprint density at radius 1 is 1.38 bits per heavy atom. The van der Waals surface area contributed by atoms with Gasteiger partial charge < -0.3 is 21.9 Å². The van der Waals surface area contributed by atoms with E-state index in [0.717, 1.165) is 0 Å². The van der Waals surface area contributed by atoms with Crippen molar-refractivity contribution in [2.45, 2.75) is 38.3 Å². The van der Waals surface area contributed by atoms with Gasteiger partial charge >= 0.3 is 5.97 Å². The Balaban J connectivity index is 4.34. The number of amides is 2. The minimum atomic E-state index is -1.31. The van der Waals surface area contributed by atoms with E-state index in [1.54, 1.807) is 0 Å². The topological polar surface area (TPSA) is 136 Å². The minimum Gasteiger partial charge on any atom is -0.480 e. The fourth-order valence-corrected chi connectivity index (χ4v) is 1.12. The van der Waals surface area contributed by atoms with Gasteiger partial charge in [0, 0.05) is 0 Å². The Morgan fingerprint density at radius 2 is 1.94 bits per heavy atom. The molecule has 0 rings (SSSR count). The Bertz CT molecular complexity index is 280. The van der Waals surface area contributed by atoms with Crippen LogP contribution in [0.5, 0.6) is 0 Å². The summed E-state index contributed by atoms with van der Waals surface area (Å²) in [7, 11) is 0. The van der Waals surface area contributed by atoms with E-state index in [1.165, 1.54) is 0 Å². The van der Waals surface area contributed by atoms with Crippen LogP contribution in [0.1, 0.15) is 26.2 Å². The number of carbonyl (C=O) groups excluding carboxylic acids is 2. The molecule has 0 heterocycles. The van der Waals surface area contributed by atoms with Crippen molar-refractivity contribution in [3.63, 3.8) is 0 Å². The van der Waals surface area contributed by atoms with Crippen LogP contribution in [-0.4, -0.2) is 35.0 Å². The van der Waals surface area contributed by atoms with Crippen LogP contribution in [0, 0.1) is 0 Å². The van der Waals surface area contributed by atoms with Gasteiger partial charge in [0.05, 0.1) is 12.5 Å². The standard InChI is InChI=1S/C9H17N3O4/c1-2-3-5(10)8(14)12-6(9(15)16)4-7(11)13/h5-6H,2-4,10H2,1H3,(H2,11,13)(H,12,14)(H,15,16)/t5-,6+/m1/s1. The van der Waals surface area contributed by atoms with Crippen molar-refractivity contribution in [1.82, 2.24) is 5.32 Å². The first kappa shape index (κ1) is 14.4. The number of nitrogens with two attached hydrogens (primary N) is 2. The van der Waals surface area contributed by atoms with Crippen molar-refractivity contribution in [2.24, 2.45) is 11.5 Å². The Hall–Kier alpha value is -1.63. The highest BCUT2D eigenvalue weighted by Crippen LogP contribution is 1.97. The van der Waals surface area contributed by atoms with Gasteiger partial charge in [-0.05, 0) is 6.42 Å². The molecule has 0 spiro atoms. The normalized spacial score (nSPS) is 13.9. The molecule has 2 amide bonds. The van der Waals surface area contributed by atoms with E-state index in [-0.39, 0.29) is 0 Å². The molecule has 0 fully saturated rings.